The first-order valence-electron chi connectivity index (χ1n) is 12.3. The molecule has 2 aromatic carbocycles. The number of carbonyl (C=O) groups excluding carboxylic acids is 2. The van der Waals surface area contributed by atoms with E-state index in [0.717, 1.165) is 36.8 Å². The fourth-order valence-corrected chi connectivity index (χ4v) is 5.02. The van der Waals surface area contributed by atoms with E-state index in [0.29, 0.717) is 12.0 Å². The zero-order valence-electron chi connectivity index (χ0n) is 20.3. The quantitative estimate of drug-likeness (QED) is 0.588. The van der Waals surface area contributed by atoms with Crippen LogP contribution in [-0.4, -0.2) is 28.7 Å². The lowest BCUT2D eigenvalue weighted by Crippen LogP contribution is -2.48. The highest BCUT2D eigenvalue weighted by atomic mass is 16.2. The summed E-state index contributed by atoms with van der Waals surface area (Å²) in [5.41, 5.74) is 11.3. The molecule has 0 fully saturated rings. The first kappa shape index (κ1) is 23.7. The van der Waals surface area contributed by atoms with Crippen LogP contribution in [0.25, 0.3) is 6.08 Å². The second-order valence-corrected chi connectivity index (χ2v) is 8.91. The number of amides is 2. The fourth-order valence-electron chi connectivity index (χ4n) is 5.02. The van der Waals surface area contributed by atoms with Crippen LogP contribution in [0.15, 0.2) is 53.5 Å². The topological polar surface area (TPSA) is 87.8 Å². The van der Waals surface area contributed by atoms with Gasteiger partial charge in [0.15, 0.2) is 5.96 Å². The Morgan fingerprint density at radius 1 is 1.09 bits per heavy atom. The molecule has 0 saturated carbocycles. The van der Waals surface area contributed by atoms with Gasteiger partial charge in [-0.2, -0.15) is 0 Å². The highest BCUT2D eigenvalue weighted by Crippen LogP contribution is 2.33. The average molecular weight is 459 g/mol. The minimum absolute atomic E-state index is 0.00920. The van der Waals surface area contributed by atoms with E-state index >= 15 is 0 Å². The van der Waals surface area contributed by atoms with E-state index in [9.17, 15) is 9.59 Å². The molecule has 6 heteroatoms. The summed E-state index contributed by atoms with van der Waals surface area (Å²) < 4.78 is 0. The predicted octanol–water partition coefficient (Wildman–Crippen LogP) is 4.91. The van der Waals surface area contributed by atoms with Crippen molar-refractivity contribution in [2.24, 2.45) is 10.7 Å². The molecule has 0 saturated heterocycles. The second kappa shape index (κ2) is 10.2. The maximum Gasteiger partial charge on any atom is 0.251 e. The second-order valence-electron chi connectivity index (χ2n) is 8.91. The molecule has 3 N–H and O–H groups in total. The smallest absolute Gasteiger partial charge is 0.251 e. The van der Waals surface area contributed by atoms with Gasteiger partial charge in [-0.05, 0) is 73.1 Å². The van der Waals surface area contributed by atoms with E-state index < -0.39 is 0 Å². The van der Waals surface area contributed by atoms with Gasteiger partial charge in [0.05, 0.1) is 18.1 Å². The largest absolute Gasteiger partial charge is 0.369 e. The number of guanidine groups is 1. The molecule has 3 atom stereocenters. The van der Waals surface area contributed by atoms with Crippen LogP contribution >= 0.6 is 0 Å². The number of hydrogen-bond acceptors (Lipinski definition) is 4. The number of nitrogens with two attached hydrogens (primary N) is 1. The molecule has 0 aromatic heterocycles. The van der Waals surface area contributed by atoms with Crippen LogP contribution in [0.2, 0.25) is 0 Å². The van der Waals surface area contributed by atoms with Crippen molar-refractivity contribution >= 4 is 23.8 Å². The Morgan fingerprint density at radius 3 is 2.71 bits per heavy atom. The first-order chi connectivity index (χ1) is 16.5. The molecule has 34 heavy (non-hydrogen) atoms. The van der Waals surface area contributed by atoms with E-state index in [-0.39, 0.29) is 35.9 Å². The van der Waals surface area contributed by atoms with Gasteiger partial charge in [0.1, 0.15) is 0 Å². The van der Waals surface area contributed by atoms with Crippen molar-refractivity contribution in [1.29, 1.82) is 0 Å². The minimum Gasteiger partial charge on any atom is -0.369 e. The van der Waals surface area contributed by atoms with Gasteiger partial charge in [-0.1, -0.05) is 50.3 Å². The van der Waals surface area contributed by atoms with Crippen molar-refractivity contribution in [3.63, 3.8) is 0 Å². The van der Waals surface area contributed by atoms with Crippen LogP contribution in [0.5, 0.6) is 0 Å². The number of benzene rings is 2. The number of nitrogens with zero attached hydrogens (tertiary/aromatic N) is 2. The van der Waals surface area contributed by atoms with Crippen LogP contribution < -0.4 is 11.1 Å². The van der Waals surface area contributed by atoms with Gasteiger partial charge >= 0.3 is 0 Å². The molecule has 0 spiro atoms. The van der Waals surface area contributed by atoms with Crippen molar-refractivity contribution in [2.45, 2.75) is 71.0 Å². The van der Waals surface area contributed by atoms with Crippen molar-refractivity contribution in [1.82, 2.24) is 10.2 Å². The number of nitrogens with one attached hydrogen (secondary N) is 1. The normalized spacial score (nSPS) is 24.9. The number of fused-ring (bicyclic) bond motifs is 4. The monoisotopic (exact) mass is 458 g/mol. The average Bonchev–Trinajstić information content (AvgIpc) is 3.24. The van der Waals surface area contributed by atoms with Crippen molar-refractivity contribution < 1.29 is 9.59 Å². The molecule has 2 aromatic rings. The molecule has 2 unspecified atom stereocenters. The van der Waals surface area contributed by atoms with Gasteiger partial charge in [-0.15, -0.1) is 0 Å². The molecule has 6 nitrogen and oxygen atoms in total. The van der Waals surface area contributed by atoms with E-state index in [4.69, 9.17) is 5.73 Å². The van der Waals surface area contributed by atoms with Crippen LogP contribution in [0.4, 0.5) is 0 Å². The molecule has 6 bridgehead atoms. The zero-order valence-corrected chi connectivity index (χ0v) is 20.3. The highest BCUT2D eigenvalue weighted by molar-refractivity contribution is 5.99. The molecule has 6 rings (SSSR count). The Labute approximate surface area is 201 Å². The molecule has 4 aliphatic rings. The van der Waals surface area contributed by atoms with Crippen molar-refractivity contribution in [2.75, 3.05) is 0 Å². The molecule has 1 aliphatic carbocycles. The lowest BCUT2D eigenvalue weighted by molar-refractivity contribution is -0.130. The lowest BCUT2D eigenvalue weighted by atomic mass is 9.99. The molecular formula is C28H34N4O2. The van der Waals surface area contributed by atoms with Gasteiger partial charge in [-0.3, -0.25) is 14.5 Å². The summed E-state index contributed by atoms with van der Waals surface area (Å²) in [4.78, 5) is 32.2. The third-order valence-corrected chi connectivity index (χ3v) is 6.79. The molecule has 3 heterocycles. The Bertz CT molecular complexity index is 1140. The first-order valence-corrected chi connectivity index (χ1v) is 12.3. The number of allylic oxidation sites excluding steroid dienone is 1. The molecule has 3 aliphatic heterocycles. The molecular weight excluding hydrogens is 424 g/mol. The zero-order chi connectivity index (χ0) is 24.2. The summed E-state index contributed by atoms with van der Waals surface area (Å²) in [5.74, 6) is 0.122. The molecule has 0 radical (unpaired) electrons. The van der Waals surface area contributed by atoms with Crippen LogP contribution in [0.3, 0.4) is 0 Å². The van der Waals surface area contributed by atoms with Gasteiger partial charge < -0.3 is 11.1 Å². The van der Waals surface area contributed by atoms with Crippen LogP contribution in [-0.2, 0) is 11.2 Å². The van der Waals surface area contributed by atoms with Gasteiger partial charge in [-0.25, -0.2) is 4.99 Å². The van der Waals surface area contributed by atoms with E-state index in [1.54, 1.807) is 4.90 Å². The number of carbonyl (C=O) groups is 2. The summed E-state index contributed by atoms with van der Waals surface area (Å²) in [5, 5.41) is 3.21. The maximum absolute atomic E-state index is 13.1. The molecule has 178 valence electrons. The Hall–Kier alpha value is -3.41. The van der Waals surface area contributed by atoms with Crippen molar-refractivity contribution in [3.05, 3.63) is 76.4 Å². The summed E-state index contributed by atoms with van der Waals surface area (Å²) in [7, 11) is 0. The van der Waals surface area contributed by atoms with E-state index in [2.05, 4.69) is 40.7 Å². The number of aryl methyl sites for hydroxylation is 1. The van der Waals surface area contributed by atoms with Crippen molar-refractivity contribution in [3.8, 4) is 0 Å². The standard InChI is InChI=1S/C26H28N4O2.C2H6/c1-16-19-6-4-7-20(14-19)25(32)29-23-12-11-18-10-9-17(13-22(18)23)5-2-3-8-21-15-24(31)30(16)26(27)28-21;1-2/h2,4-7,9-10,13-14,16,21,23H,3,8,11-12,15H2,1H3,(H2,27,28)(H,29,32);1-2H3/b5-2+;/t16-,21?,23?;/m1./s1. The summed E-state index contributed by atoms with van der Waals surface area (Å²) in [6.07, 6.45) is 8.06. The SMILES string of the molecule is CC.C[C@@H]1c2cccc(c2)C(=O)NC2CCc3ccc(cc32)/C=C/CCC2CC(=O)N1C(N)=N2. The Morgan fingerprint density at radius 2 is 1.91 bits per heavy atom. The Balaban J connectivity index is 0.00000133. The van der Waals surface area contributed by atoms with E-state index in [1.165, 1.54) is 11.1 Å². The molecule has 2 amide bonds. The summed E-state index contributed by atoms with van der Waals surface area (Å²) in [6, 6.07) is 13.5. The summed E-state index contributed by atoms with van der Waals surface area (Å²) >= 11 is 0. The van der Waals surface area contributed by atoms with E-state index in [1.807, 2.05) is 45.0 Å². The maximum atomic E-state index is 13.1. The predicted molar refractivity (Wildman–Crippen MR) is 136 cm³/mol. The fraction of sp³-hybridized carbons (Fsp3) is 0.393. The lowest BCUT2D eigenvalue weighted by Gasteiger charge is -2.33. The number of aliphatic imine (C=N–C) groups is 1. The van der Waals surface area contributed by atoms with Crippen LogP contribution in [0.1, 0.15) is 91.1 Å². The van der Waals surface area contributed by atoms with Gasteiger partial charge in [0, 0.05) is 12.0 Å². The van der Waals surface area contributed by atoms with Gasteiger partial charge in [0.25, 0.3) is 5.91 Å². The highest BCUT2D eigenvalue weighted by Gasteiger charge is 2.32. The van der Waals surface area contributed by atoms with Gasteiger partial charge in [0.2, 0.25) is 5.91 Å². The number of rotatable bonds is 0. The third kappa shape index (κ3) is 4.76. The van der Waals surface area contributed by atoms with Crippen LogP contribution in [0, 0.1) is 0 Å². The number of hydrogen-bond donors (Lipinski definition) is 2. The third-order valence-electron chi connectivity index (χ3n) is 6.79. The Kier molecular flexibility index (Phi) is 7.15. The minimum atomic E-state index is -0.298. The summed E-state index contributed by atoms with van der Waals surface area (Å²) in [6.45, 7) is 5.92.